The Morgan fingerprint density at radius 3 is 2.42 bits per heavy atom. The van der Waals surface area contributed by atoms with Gasteiger partial charge in [-0.15, -0.1) is 0 Å². The molecule has 1 aliphatic heterocycles. The van der Waals surface area contributed by atoms with Crippen molar-refractivity contribution in [1.29, 1.82) is 0 Å². The summed E-state index contributed by atoms with van der Waals surface area (Å²) >= 11 is 0. The smallest absolute Gasteiger partial charge is 0.138 e. The van der Waals surface area contributed by atoms with Crippen molar-refractivity contribution in [2.45, 2.75) is 105 Å². The van der Waals surface area contributed by atoms with Crippen molar-refractivity contribution in [3.8, 4) is 0 Å². The van der Waals surface area contributed by atoms with E-state index in [1.165, 1.54) is 25.7 Å². The molecule has 1 spiro atoms. The van der Waals surface area contributed by atoms with Crippen molar-refractivity contribution >= 4 is 5.78 Å². The van der Waals surface area contributed by atoms with Gasteiger partial charge in [0.2, 0.25) is 0 Å². The van der Waals surface area contributed by atoms with Crippen LogP contribution in [0.25, 0.3) is 0 Å². The van der Waals surface area contributed by atoms with Crippen molar-refractivity contribution in [2.24, 2.45) is 50.2 Å². The van der Waals surface area contributed by atoms with Crippen LogP contribution in [0.1, 0.15) is 99.3 Å². The van der Waals surface area contributed by atoms with Crippen molar-refractivity contribution in [3.05, 3.63) is 12.2 Å². The number of hydrogen-bond acceptors (Lipinski definition) is 3. The second-order valence-corrected chi connectivity index (χ2v) is 15.0. The predicted molar refractivity (Wildman–Crippen MR) is 131 cm³/mol. The van der Waals surface area contributed by atoms with Crippen LogP contribution in [0.3, 0.4) is 0 Å². The van der Waals surface area contributed by atoms with Crippen molar-refractivity contribution in [2.75, 3.05) is 13.2 Å². The molecule has 3 heteroatoms. The zero-order chi connectivity index (χ0) is 23.7. The summed E-state index contributed by atoms with van der Waals surface area (Å²) in [5.41, 5.74) is 0.361. The Labute approximate surface area is 201 Å². The Morgan fingerprint density at radius 1 is 0.970 bits per heavy atom. The Kier molecular flexibility index (Phi) is 4.39. The third kappa shape index (κ3) is 2.38. The van der Waals surface area contributed by atoms with Crippen LogP contribution in [0, 0.1) is 50.2 Å². The quantitative estimate of drug-likeness (QED) is 0.470. The van der Waals surface area contributed by atoms with E-state index < -0.39 is 0 Å². The number of allylic oxidation sites excluding steroid dienone is 1. The zero-order valence-corrected chi connectivity index (χ0v) is 21.9. The van der Waals surface area contributed by atoms with Crippen molar-refractivity contribution in [3.63, 3.8) is 0 Å². The van der Waals surface area contributed by atoms with Gasteiger partial charge >= 0.3 is 0 Å². The first-order chi connectivity index (χ1) is 15.3. The highest BCUT2D eigenvalue weighted by Crippen LogP contribution is 2.78. The van der Waals surface area contributed by atoms with Gasteiger partial charge in [0.05, 0.1) is 12.2 Å². The van der Waals surface area contributed by atoms with E-state index in [4.69, 9.17) is 4.74 Å². The second-order valence-electron chi connectivity index (χ2n) is 15.0. The van der Waals surface area contributed by atoms with E-state index >= 15 is 0 Å². The molecule has 5 fully saturated rings. The molecule has 9 atom stereocenters. The topological polar surface area (TPSA) is 46.5 Å². The summed E-state index contributed by atoms with van der Waals surface area (Å²) in [7, 11) is 0. The Balaban J connectivity index is 1.48. The molecule has 2 bridgehead atoms. The van der Waals surface area contributed by atoms with E-state index in [2.05, 4.69) is 53.7 Å². The van der Waals surface area contributed by atoms with Gasteiger partial charge in [0.25, 0.3) is 0 Å². The third-order valence-corrected chi connectivity index (χ3v) is 13.6. The summed E-state index contributed by atoms with van der Waals surface area (Å²) in [6, 6.07) is 0. The molecule has 6 rings (SSSR count). The number of carbonyl (C=O) groups excluding carboxylic acids is 1. The predicted octanol–water partition coefficient (Wildman–Crippen LogP) is 6.34. The maximum atomic E-state index is 12.9. The minimum atomic E-state index is -0.212. The van der Waals surface area contributed by atoms with Crippen molar-refractivity contribution in [1.82, 2.24) is 0 Å². The molecule has 1 heterocycles. The normalized spacial score (nSPS) is 58.8. The lowest BCUT2D eigenvalue weighted by Gasteiger charge is -2.72. The van der Waals surface area contributed by atoms with E-state index in [0.29, 0.717) is 35.6 Å². The molecule has 0 aromatic rings. The molecule has 1 saturated heterocycles. The Morgan fingerprint density at radius 2 is 1.70 bits per heavy atom. The maximum absolute atomic E-state index is 12.9. The molecule has 3 nitrogen and oxygen atoms in total. The molecule has 184 valence electrons. The Bertz CT molecular complexity index is 922. The van der Waals surface area contributed by atoms with Crippen LogP contribution in [0.2, 0.25) is 0 Å². The molecule has 33 heavy (non-hydrogen) atoms. The van der Waals surface area contributed by atoms with Crippen LogP contribution in [0.4, 0.5) is 0 Å². The number of Topliss-reactive ketones (excluding diaryl/α,β-unsaturated/α-hetero) is 1. The average molecular weight is 455 g/mol. The number of carbonyl (C=O) groups is 1. The van der Waals surface area contributed by atoms with E-state index in [9.17, 15) is 9.90 Å². The fourth-order valence-electron chi connectivity index (χ4n) is 11.1. The highest BCUT2D eigenvalue weighted by Gasteiger charge is 2.77. The second kappa shape index (κ2) is 6.36. The van der Waals surface area contributed by atoms with Gasteiger partial charge in [-0.1, -0.05) is 53.7 Å². The van der Waals surface area contributed by atoms with Gasteiger partial charge in [0, 0.05) is 29.8 Å². The number of aliphatic hydroxyl groups excluding tert-OH is 1. The van der Waals surface area contributed by atoms with Gasteiger partial charge < -0.3 is 9.84 Å². The Hall–Kier alpha value is -0.670. The molecule has 4 saturated carbocycles. The summed E-state index contributed by atoms with van der Waals surface area (Å²) in [4.78, 5) is 12.9. The van der Waals surface area contributed by atoms with Gasteiger partial charge in [0.15, 0.2) is 0 Å². The molecule has 6 aliphatic rings. The van der Waals surface area contributed by atoms with Crippen LogP contribution in [-0.2, 0) is 9.53 Å². The standard InChI is InChI=1S/C30H46O3/c1-24(2)20-7-11-27(5)21(26(20,4)10-9-23(24)32)8-12-30-22-17-25(3,18-31)13-15-29(22,19-33-30)16-14-28(27,30)6/h8,12,20-22,31H,7,9-11,13-19H2,1-6H3. The summed E-state index contributed by atoms with van der Waals surface area (Å²) < 4.78 is 7.07. The van der Waals surface area contributed by atoms with Crippen LogP contribution in [0.5, 0.6) is 0 Å². The van der Waals surface area contributed by atoms with Crippen LogP contribution in [0.15, 0.2) is 12.2 Å². The highest BCUT2D eigenvalue weighted by atomic mass is 16.5. The molecule has 1 N–H and O–H groups in total. The first-order valence-corrected chi connectivity index (χ1v) is 13.8. The van der Waals surface area contributed by atoms with Gasteiger partial charge in [0.1, 0.15) is 5.78 Å². The lowest BCUT2D eigenvalue weighted by Crippen LogP contribution is -2.70. The molecule has 0 aromatic heterocycles. The lowest BCUT2D eigenvalue weighted by molar-refractivity contribution is -0.233. The number of fused-ring (bicyclic) bond motifs is 4. The number of aliphatic hydroxyl groups is 1. The van der Waals surface area contributed by atoms with E-state index in [0.717, 1.165) is 38.7 Å². The van der Waals surface area contributed by atoms with E-state index in [-0.39, 0.29) is 32.7 Å². The first-order valence-electron chi connectivity index (χ1n) is 13.8. The fraction of sp³-hybridized carbons (Fsp3) is 0.900. The molecule has 9 unspecified atom stereocenters. The molecular weight excluding hydrogens is 408 g/mol. The summed E-state index contributed by atoms with van der Waals surface area (Å²) in [5.74, 6) is 1.95. The molecule has 0 radical (unpaired) electrons. The highest BCUT2D eigenvalue weighted by molar-refractivity contribution is 5.85. The number of rotatable bonds is 1. The number of ketones is 1. The summed E-state index contributed by atoms with van der Waals surface area (Å²) in [6.07, 6.45) is 15.2. The molecule has 0 amide bonds. The summed E-state index contributed by atoms with van der Waals surface area (Å²) in [6.45, 7) is 15.6. The zero-order valence-electron chi connectivity index (χ0n) is 21.9. The van der Waals surface area contributed by atoms with Crippen LogP contribution in [-0.4, -0.2) is 29.7 Å². The number of hydrogen-bond donors (Lipinski definition) is 1. The SMILES string of the molecule is CC1(CO)CCC23CCC4(C)C5(C)CCC6C(C)(C)C(=O)CCC6(C)C5C=CC4(OC2)C3C1. The number of ether oxygens (including phenoxy) is 1. The minimum absolute atomic E-state index is 0.0239. The van der Waals surface area contributed by atoms with Gasteiger partial charge in [-0.2, -0.15) is 0 Å². The molecule has 5 aliphatic carbocycles. The fourth-order valence-corrected chi connectivity index (χ4v) is 11.1. The van der Waals surface area contributed by atoms with Gasteiger partial charge in [-0.05, 0) is 84.9 Å². The van der Waals surface area contributed by atoms with E-state index in [1.54, 1.807) is 0 Å². The first kappa shape index (κ1) is 22.8. The third-order valence-electron chi connectivity index (χ3n) is 13.6. The largest absolute Gasteiger partial charge is 0.396 e. The van der Waals surface area contributed by atoms with E-state index in [1.807, 2.05) is 0 Å². The van der Waals surface area contributed by atoms with Crippen LogP contribution < -0.4 is 0 Å². The van der Waals surface area contributed by atoms with Gasteiger partial charge in [-0.3, -0.25) is 4.79 Å². The summed E-state index contributed by atoms with van der Waals surface area (Å²) in [5, 5.41) is 10.3. The van der Waals surface area contributed by atoms with Crippen molar-refractivity contribution < 1.29 is 14.6 Å². The average Bonchev–Trinajstić information content (AvgIpc) is 3.01. The molecular formula is C30H46O3. The monoisotopic (exact) mass is 454 g/mol. The van der Waals surface area contributed by atoms with Gasteiger partial charge in [-0.25, -0.2) is 0 Å². The minimum Gasteiger partial charge on any atom is -0.396 e. The maximum Gasteiger partial charge on any atom is 0.138 e. The lowest BCUT2D eigenvalue weighted by atomic mass is 9.32. The van der Waals surface area contributed by atoms with Crippen LogP contribution >= 0.6 is 0 Å². The molecule has 0 aromatic carbocycles.